The van der Waals surface area contributed by atoms with Gasteiger partial charge >= 0.3 is 0 Å². The molecular weight excluding hydrogens is 306 g/mol. The zero-order chi connectivity index (χ0) is 15.5. The largest absolute Gasteiger partial charge is 0.386 e. The summed E-state index contributed by atoms with van der Waals surface area (Å²) in [4.78, 5) is 6.36. The second-order valence-corrected chi connectivity index (χ2v) is 7.85. The van der Waals surface area contributed by atoms with Crippen molar-refractivity contribution in [2.45, 2.75) is 31.3 Å². The molecule has 2 aromatic heterocycles. The Morgan fingerprint density at radius 1 is 1.33 bits per heavy atom. The first kappa shape index (κ1) is 15.9. The van der Waals surface area contributed by atoms with Gasteiger partial charge in [-0.2, -0.15) is 0 Å². The van der Waals surface area contributed by atoms with E-state index in [4.69, 9.17) is 0 Å². The molecular formula is C14H19N3O2S2. The highest BCUT2D eigenvalue weighted by molar-refractivity contribution is 7.89. The molecule has 0 radical (unpaired) electrons. The fourth-order valence-electron chi connectivity index (χ4n) is 2.05. The molecule has 2 rings (SSSR count). The first-order chi connectivity index (χ1) is 9.92. The third-order valence-corrected chi connectivity index (χ3v) is 5.52. The monoisotopic (exact) mass is 325 g/mol. The predicted octanol–water partition coefficient (Wildman–Crippen LogP) is 2.40. The SMILES string of the molecule is CNc1cccnc1S(=O)(=O)NC(C)Cc1ccc(C)s1. The minimum absolute atomic E-state index is 0.0294. The Labute approximate surface area is 129 Å². The Hall–Kier alpha value is -1.44. The minimum atomic E-state index is -3.63. The summed E-state index contributed by atoms with van der Waals surface area (Å²) in [5.41, 5.74) is 0.490. The quantitative estimate of drug-likeness (QED) is 0.855. The van der Waals surface area contributed by atoms with Crippen molar-refractivity contribution in [1.29, 1.82) is 0 Å². The van der Waals surface area contributed by atoms with E-state index in [1.807, 2.05) is 26.0 Å². The maximum Gasteiger partial charge on any atom is 0.260 e. The number of sulfonamides is 1. The summed E-state index contributed by atoms with van der Waals surface area (Å²) in [6.07, 6.45) is 2.14. The van der Waals surface area contributed by atoms with E-state index in [0.29, 0.717) is 12.1 Å². The van der Waals surface area contributed by atoms with Crippen LogP contribution in [0.2, 0.25) is 0 Å². The average Bonchev–Trinajstić information content (AvgIpc) is 2.83. The van der Waals surface area contributed by atoms with Crippen LogP contribution < -0.4 is 10.0 Å². The summed E-state index contributed by atoms with van der Waals surface area (Å²) in [6.45, 7) is 3.89. The van der Waals surface area contributed by atoms with Crippen molar-refractivity contribution in [1.82, 2.24) is 9.71 Å². The van der Waals surface area contributed by atoms with Crippen molar-refractivity contribution >= 4 is 27.0 Å². The Morgan fingerprint density at radius 3 is 2.71 bits per heavy atom. The molecule has 0 aromatic carbocycles. The van der Waals surface area contributed by atoms with Crippen molar-refractivity contribution in [3.8, 4) is 0 Å². The van der Waals surface area contributed by atoms with E-state index >= 15 is 0 Å². The molecule has 1 atom stereocenters. The molecule has 114 valence electrons. The van der Waals surface area contributed by atoms with E-state index < -0.39 is 10.0 Å². The predicted molar refractivity (Wildman–Crippen MR) is 86.3 cm³/mol. The fraction of sp³-hybridized carbons (Fsp3) is 0.357. The number of hydrogen-bond acceptors (Lipinski definition) is 5. The van der Waals surface area contributed by atoms with Gasteiger partial charge in [0.25, 0.3) is 10.0 Å². The maximum atomic E-state index is 12.4. The fourth-order valence-corrected chi connectivity index (χ4v) is 4.46. The highest BCUT2D eigenvalue weighted by atomic mass is 32.2. The Balaban J connectivity index is 2.13. The molecule has 0 bridgehead atoms. The lowest BCUT2D eigenvalue weighted by Crippen LogP contribution is -2.34. The van der Waals surface area contributed by atoms with Gasteiger partial charge in [0.1, 0.15) is 0 Å². The lowest BCUT2D eigenvalue weighted by Gasteiger charge is -2.14. The van der Waals surface area contributed by atoms with Crippen molar-refractivity contribution < 1.29 is 8.42 Å². The van der Waals surface area contributed by atoms with Gasteiger partial charge < -0.3 is 5.32 Å². The van der Waals surface area contributed by atoms with E-state index in [1.54, 1.807) is 30.5 Å². The summed E-state index contributed by atoms with van der Waals surface area (Å²) in [5.74, 6) is 0. The number of hydrogen-bond donors (Lipinski definition) is 2. The van der Waals surface area contributed by atoms with Crippen molar-refractivity contribution in [2.24, 2.45) is 0 Å². The van der Waals surface area contributed by atoms with Crippen molar-refractivity contribution in [3.05, 3.63) is 40.2 Å². The molecule has 2 N–H and O–H groups in total. The van der Waals surface area contributed by atoms with Gasteiger partial charge in [0, 0.05) is 29.0 Å². The molecule has 0 amide bonds. The second kappa shape index (κ2) is 6.55. The molecule has 0 spiro atoms. The Morgan fingerprint density at radius 2 is 2.10 bits per heavy atom. The lowest BCUT2D eigenvalue weighted by atomic mass is 10.2. The Bertz CT molecular complexity index is 711. The summed E-state index contributed by atoms with van der Waals surface area (Å²) >= 11 is 1.68. The van der Waals surface area contributed by atoms with E-state index in [1.165, 1.54) is 11.1 Å². The standard InChI is InChI=1S/C14H19N3O2S2/c1-10(9-12-7-6-11(2)20-12)17-21(18,19)14-13(15-3)5-4-8-16-14/h4-8,10,15,17H,9H2,1-3H3. The van der Waals surface area contributed by atoms with Crippen molar-refractivity contribution in [2.75, 3.05) is 12.4 Å². The van der Waals surface area contributed by atoms with Gasteiger partial charge in [-0.3, -0.25) is 0 Å². The summed E-state index contributed by atoms with van der Waals surface area (Å²) in [7, 11) is -1.96. The number of aromatic nitrogens is 1. The lowest BCUT2D eigenvalue weighted by molar-refractivity contribution is 0.557. The van der Waals surface area contributed by atoms with Crippen LogP contribution >= 0.6 is 11.3 Å². The molecule has 21 heavy (non-hydrogen) atoms. The first-order valence-electron chi connectivity index (χ1n) is 6.63. The van der Waals surface area contributed by atoms with Crippen LogP contribution in [0.25, 0.3) is 0 Å². The van der Waals surface area contributed by atoms with E-state index in [9.17, 15) is 8.42 Å². The van der Waals surface area contributed by atoms with Crippen LogP contribution in [0.5, 0.6) is 0 Å². The number of aryl methyl sites for hydroxylation is 1. The number of anilines is 1. The molecule has 5 nitrogen and oxygen atoms in total. The smallest absolute Gasteiger partial charge is 0.260 e. The van der Waals surface area contributed by atoms with Crippen LogP contribution in [0.1, 0.15) is 16.7 Å². The van der Waals surface area contributed by atoms with E-state index in [0.717, 1.165) is 4.88 Å². The number of pyridine rings is 1. The highest BCUT2D eigenvalue weighted by Crippen LogP contribution is 2.20. The molecule has 0 saturated heterocycles. The van der Waals surface area contributed by atoms with Gasteiger partial charge in [0.15, 0.2) is 5.03 Å². The molecule has 7 heteroatoms. The van der Waals surface area contributed by atoms with Crippen LogP contribution in [0.3, 0.4) is 0 Å². The minimum Gasteiger partial charge on any atom is -0.386 e. The highest BCUT2D eigenvalue weighted by Gasteiger charge is 2.22. The van der Waals surface area contributed by atoms with Crippen LogP contribution in [0.15, 0.2) is 35.5 Å². The summed E-state index contributed by atoms with van der Waals surface area (Å²) in [5, 5.41) is 2.88. The molecule has 0 aliphatic carbocycles. The van der Waals surface area contributed by atoms with Crippen LogP contribution in [0, 0.1) is 6.92 Å². The number of thiophene rings is 1. The zero-order valence-electron chi connectivity index (χ0n) is 12.3. The van der Waals surface area contributed by atoms with Crippen LogP contribution in [-0.4, -0.2) is 26.5 Å². The second-order valence-electron chi connectivity index (χ2n) is 4.84. The molecule has 1 unspecified atom stereocenters. The van der Waals surface area contributed by atoms with Crippen LogP contribution in [0.4, 0.5) is 5.69 Å². The number of nitrogens with one attached hydrogen (secondary N) is 2. The normalized spacial score (nSPS) is 13.1. The number of rotatable bonds is 6. The van der Waals surface area contributed by atoms with Gasteiger partial charge in [0.05, 0.1) is 5.69 Å². The van der Waals surface area contributed by atoms with Gasteiger partial charge in [-0.1, -0.05) is 0 Å². The van der Waals surface area contributed by atoms with Gasteiger partial charge in [-0.05, 0) is 44.5 Å². The third-order valence-electron chi connectivity index (χ3n) is 2.95. The average molecular weight is 325 g/mol. The van der Waals surface area contributed by atoms with Crippen molar-refractivity contribution in [3.63, 3.8) is 0 Å². The zero-order valence-corrected chi connectivity index (χ0v) is 13.9. The third kappa shape index (κ3) is 4.03. The molecule has 0 aliphatic heterocycles. The van der Waals surface area contributed by atoms with E-state index in [-0.39, 0.29) is 11.1 Å². The molecule has 0 fully saturated rings. The maximum absolute atomic E-state index is 12.4. The van der Waals surface area contributed by atoms with Crippen LogP contribution in [-0.2, 0) is 16.4 Å². The van der Waals surface area contributed by atoms with E-state index in [2.05, 4.69) is 15.0 Å². The molecule has 0 aliphatic rings. The summed E-state index contributed by atoms with van der Waals surface area (Å²) < 4.78 is 27.5. The topological polar surface area (TPSA) is 71.1 Å². The number of nitrogens with zero attached hydrogens (tertiary/aromatic N) is 1. The summed E-state index contributed by atoms with van der Waals surface area (Å²) in [6, 6.07) is 7.26. The first-order valence-corrected chi connectivity index (χ1v) is 8.93. The molecule has 2 aromatic rings. The Kier molecular flexibility index (Phi) is 4.97. The van der Waals surface area contributed by atoms with Gasteiger partial charge in [-0.25, -0.2) is 18.1 Å². The van der Waals surface area contributed by atoms with Gasteiger partial charge in [0.2, 0.25) is 0 Å². The van der Waals surface area contributed by atoms with Gasteiger partial charge in [-0.15, -0.1) is 11.3 Å². The molecule has 2 heterocycles. The molecule has 0 saturated carbocycles.